The van der Waals surface area contributed by atoms with Crippen LogP contribution in [0.4, 0.5) is 0 Å². The summed E-state index contributed by atoms with van der Waals surface area (Å²) >= 11 is 0. The van der Waals surface area contributed by atoms with Gasteiger partial charge in [-0.15, -0.1) is 0 Å². The zero-order valence-corrected chi connectivity index (χ0v) is 9.28. The minimum Gasteiger partial charge on any atom is -0.480 e. The fourth-order valence-corrected chi connectivity index (χ4v) is 1.05. The van der Waals surface area contributed by atoms with Crippen molar-refractivity contribution in [3.05, 3.63) is 12.2 Å². The van der Waals surface area contributed by atoms with E-state index in [9.17, 15) is 9.59 Å². The normalized spacial score (nSPS) is 11.9. The smallest absolute Gasteiger partial charge is 0.324 e. The number of unbranched alkanes of at least 4 members (excludes halogenated alkanes) is 1. The molecule has 0 saturated carbocycles. The number of carboxylic acids is 1. The average molecular weight is 214 g/mol. The number of rotatable bonds is 7. The van der Waals surface area contributed by atoms with Crippen molar-refractivity contribution in [3.63, 3.8) is 0 Å². The maximum Gasteiger partial charge on any atom is 0.324 e. The number of ether oxygens (including phenoxy) is 1. The number of aliphatic carboxylic acids is 1. The maximum atomic E-state index is 11.4. The fourth-order valence-electron chi connectivity index (χ4n) is 1.05. The van der Waals surface area contributed by atoms with Gasteiger partial charge in [0.15, 0.2) is 5.92 Å². The molecule has 0 radical (unpaired) electrons. The van der Waals surface area contributed by atoms with E-state index >= 15 is 0 Å². The molecule has 0 amide bonds. The van der Waals surface area contributed by atoms with Gasteiger partial charge in [-0.3, -0.25) is 9.59 Å². The number of carbonyl (C=O) groups excluding carboxylic acids is 1. The van der Waals surface area contributed by atoms with Crippen LogP contribution >= 0.6 is 0 Å². The molecule has 1 N–H and O–H groups in total. The lowest BCUT2D eigenvalue weighted by atomic mass is 9.99. The topological polar surface area (TPSA) is 63.6 Å². The van der Waals surface area contributed by atoms with Crippen LogP contribution in [-0.2, 0) is 14.3 Å². The van der Waals surface area contributed by atoms with Gasteiger partial charge in [0.05, 0.1) is 6.61 Å². The number of esters is 1. The van der Waals surface area contributed by atoms with E-state index in [0.717, 1.165) is 12.8 Å². The highest BCUT2D eigenvalue weighted by molar-refractivity contribution is 5.97. The highest BCUT2D eigenvalue weighted by Crippen LogP contribution is 2.15. The lowest BCUT2D eigenvalue weighted by Crippen LogP contribution is -2.27. The molecule has 0 saturated heterocycles. The largest absolute Gasteiger partial charge is 0.480 e. The molecule has 1 atom stereocenters. The van der Waals surface area contributed by atoms with Crippen molar-refractivity contribution in [1.29, 1.82) is 0 Å². The third kappa shape index (κ3) is 4.63. The molecule has 86 valence electrons. The molecule has 0 aliphatic rings. The Balaban J connectivity index is 4.30. The van der Waals surface area contributed by atoms with Gasteiger partial charge in [-0.2, -0.15) is 0 Å². The molecule has 0 aliphatic heterocycles. The molecule has 0 spiro atoms. The molecule has 0 aromatic rings. The standard InChI is InChI=1S/C11H18O4/c1-4-6-7-15-11(14)9(10(12)13)8(3)5-2/h9H,3-7H2,1-2H3,(H,12,13). The van der Waals surface area contributed by atoms with Gasteiger partial charge < -0.3 is 9.84 Å². The Hall–Kier alpha value is -1.32. The maximum absolute atomic E-state index is 11.4. The van der Waals surface area contributed by atoms with Crippen molar-refractivity contribution in [2.45, 2.75) is 33.1 Å². The van der Waals surface area contributed by atoms with Crippen LogP contribution in [0.25, 0.3) is 0 Å². The zero-order chi connectivity index (χ0) is 11.8. The van der Waals surface area contributed by atoms with Crippen LogP contribution in [0.5, 0.6) is 0 Å². The van der Waals surface area contributed by atoms with Crippen molar-refractivity contribution in [1.82, 2.24) is 0 Å². The first-order valence-electron chi connectivity index (χ1n) is 5.11. The van der Waals surface area contributed by atoms with Gasteiger partial charge in [-0.05, 0) is 12.8 Å². The molecule has 0 fully saturated rings. The molecule has 0 aromatic carbocycles. The summed E-state index contributed by atoms with van der Waals surface area (Å²) in [5.74, 6) is -3.11. The van der Waals surface area contributed by atoms with Crippen LogP contribution in [0.1, 0.15) is 33.1 Å². The Bertz CT molecular complexity index is 245. The summed E-state index contributed by atoms with van der Waals surface area (Å²) in [6.45, 7) is 7.56. The molecule has 4 nitrogen and oxygen atoms in total. The van der Waals surface area contributed by atoms with Crippen molar-refractivity contribution >= 4 is 11.9 Å². The summed E-state index contributed by atoms with van der Waals surface area (Å²) in [5.41, 5.74) is 0.379. The summed E-state index contributed by atoms with van der Waals surface area (Å²) in [4.78, 5) is 22.2. The first-order valence-corrected chi connectivity index (χ1v) is 5.11. The van der Waals surface area contributed by atoms with Gasteiger partial charge >= 0.3 is 11.9 Å². The Morgan fingerprint density at radius 2 is 2.00 bits per heavy atom. The second-order valence-electron chi connectivity index (χ2n) is 3.30. The van der Waals surface area contributed by atoms with E-state index in [0.29, 0.717) is 12.0 Å². The van der Waals surface area contributed by atoms with E-state index in [1.54, 1.807) is 6.92 Å². The van der Waals surface area contributed by atoms with Gasteiger partial charge in [0.1, 0.15) is 0 Å². The second-order valence-corrected chi connectivity index (χ2v) is 3.30. The number of hydrogen-bond donors (Lipinski definition) is 1. The average Bonchev–Trinajstić information content (AvgIpc) is 2.17. The van der Waals surface area contributed by atoms with Crippen LogP contribution < -0.4 is 0 Å². The van der Waals surface area contributed by atoms with E-state index in [-0.39, 0.29) is 6.61 Å². The summed E-state index contributed by atoms with van der Waals surface area (Å²) in [6.07, 6.45) is 2.11. The van der Waals surface area contributed by atoms with E-state index in [1.807, 2.05) is 6.92 Å². The van der Waals surface area contributed by atoms with Crippen LogP contribution in [0.3, 0.4) is 0 Å². The summed E-state index contributed by atoms with van der Waals surface area (Å²) < 4.78 is 4.85. The molecule has 1 unspecified atom stereocenters. The van der Waals surface area contributed by atoms with Crippen molar-refractivity contribution < 1.29 is 19.4 Å². The van der Waals surface area contributed by atoms with Crippen LogP contribution in [0.15, 0.2) is 12.2 Å². The number of carbonyl (C=O) groups is 2. The van der Waals surface area contributed by atoms with Gasteiger partial charge in [-0.1, -0.05) is 32.4 Å². The van der Waals surface area contributed by atoms with Crippen molar-refractivity contribution in [2.24, 2.45) is 5.92 Å². The van der Waals surface area contributed by atoms with E-state index in [1.165, 1.54) is 0 Å². The monoisotopic (exact) mass is 214 g/mol. The molecular formula is C11H18O4. The van der Waals surface area contributed by atoms with E-state index in [4.69, 9.17) is 9.84 Å². The SMILES string of the molecule is C=C(CC)C(C(=O)O)C(=O)OCCCC. The Morgan fingerprint density at radius 1 is 1.40 bits per heavy atom. The van der Waals surface area contributed by atoms with Crippen LogP contribution in [0.2, 0.25) is 0 Å². The minimum atomic E-state index is -1.22. The predicted molar refractivity (Wildman–Crippen MR) is 56.4 cm³/mol. The zero-order valence-electron chi connectivity index (χ0n) is 9.28. The van der Waals surface area contributed by atoms with Gasteiger partial charge in [0.2, 0.25) is 0 Å². The van der Waals surface area contributed by atoms with Crippen molar-refractivity contribution in [3.8, 4) is 0 Å². The fraction of sp³-hybridized carbons (Fsp3) is 0.636. The van der Waals surface area contributed by atoms with Gasteiger partial charge in [-0.25, -0.2) is 0 Å². The summed E-state index contributed by atoms with van der Waals surface area (Å²) in [5, 5.41) is 8.84. The Morgan fingerprint density at radius 3 is 2.40 bits per heavy atom. The lowest BCUT2D eigenvalue weighted by Gasteiger charge is -2.12. The van der Waals surface area contributed by atoms with Crippen LogP contribution in [0, 0.1) is 5.92 Å². The molecule has 0 rings (SSSR count). The molecule has 0 bridgehead atoms. The second kappa shape index (κ2) is 7.04. The predicted octanol–water partition coefficient (Wildman–Crippen LogP) is 2.00. The molecular weight excluding hydrogens is 196 g/mol. The molecule has 0 aromatic heterocycles. The Labute approximate surface area is 89.9 Å². The third-order valence-electron chi connectivity index (χ3n) is 2.09. The number of hydrogen-bond acceptors (Lipinski definition) is 3. The van der Waals surface area contributed by atoms with E-state index < -0.39 is 17.9 Å². The molecule has 0 aliphatic carbocycles. The Kier molecular flexibility index (Phi) is 6.42. The quantitative estimate of drug-likeness (QED) is 0.305. The first-order chi connectivity index (χ1) is 7.04. The first kappa shape index (κ1) is 13.7. The van der Waals surface area contributed by atoms with E-state index in [2.05, 4.69) is 6.58 Å². The lowest BCUT2D eigenvalue weighted by molar-refractivity contribution is -0.156. The van der Waals surface area contributed by atoms with Gasteiger partial charge in [0, 0.05) is 0 Å². The summed E-state index contributed by atoms with van der Waals surface area (Å²) in [7, 11) is 0. The molecule has 0 heterocycles. The van der Waals surface area contributed by atoms with Crippen molar-refractivity contribution in [2.75, 3.05) is 6.61 Å². The third-order valence-corrected chi connectivity index (χ3v) is 2.09. The van der Waals surface area contributed by atoms with Gasteiger partial charge in [0.25, 0.3) is 0 Å². The number of carboxylic acid groups (broad SMARTS) is 1. The highest BCUT2D eigenvalue weighted by atomic mass is 16.5. The molecule has 4 heteroatoms. The van der Waals surface area contributed by atoms with Crippen LogP contribution in [-0.4, -0.2) is 23.7 Å². The highest BCUT2D eigenvalue weighted by Gasteiger charge is 2.29. The minimum absolute atomic E-state index is 0.274. The summed E-state index contributed by atoms with van der Waals surface area (Å²) in [6, 6.07) is 0. The molecule has 15 heavy (non-hydrogen) atoms.